The van der Waals surface area contributed by atoms with E-state index in [-0.39, 0.29) is 0 Å². The summed E-state index contributed by atoms with van der Waals surface area (Å²) in [5, 5.41) is 5.39. The zero-order valence-electron chi connectivity index (χ0n) is 10.2. The van der Waals surface area contributed by atoms with Gasteiger partial charge in [0.2, 0.25) is 0 Å². The lowest BCUT2D eigenvalue weighted by Gasteiger charge is -2.19. The summed E-state index contributed by atoms with van der Waals surface area (Å²) in [6.45, 7) is 5.43. The molecule has 6 heteroatoms. The van der Waals surface area contributed by atoms with Crippen molar-refractivity contribution in [3.8, 4) is 0 Å². The van der Waals surface area contributed by atoms with Gasteiger partial charge in [-0.3, -0.25) is 0 Å². The van der Waals surface area contributed by atoms with Crippen LogP contribution in [0.15, 0.2) is 22.8 Å². The number of rotatable bonds is 0. The van der Waals surface area contributed by atoms with Gasteiger partial charge in [0.15, 0.2) is 0 Å². The minimum Gasteiger partial charge on any atom is -0.442 e. The summed E-state index contributed by atoms with van der Waals surface area (Å²) in [7, 11) is 0. The number of hydrogen-bond donors (Lipinski definition) is 0. The number of nitrogens with zero attached hydrogens (tertiary/aromatic N) is 2. The van der Waals surface area contributed by atoms with Gasteiger partial charge in [0, 0.05) is 9.86 Å². The van der Waals surface area contributed by atoms with Crippen molar-refractivity contribution < 1.29 is 9.53 Å². The normalized spacial score (nSPS) is 11.8. The van der Waals surface area contributed by atoms with Crippen molar-refractivity contribution in [2.45, 2.75) is 26.4 Å². The Hall–Kier alpha value is -1.07. The van der Waals surface area contributed by atoms with Gasteiger partial charge in [-0.1, -0.05) is 11.6 Å². The molecule has 1 heterocycles. The number of aromatic nitrogens is 2. The third-order valence-corrected chi connectivity index (χ3v) is 3.37. The predicted octanol–water partition coefficient (Wildman–Crippen LogP) is 4.24. The third kappa shape index (κ3) is 2.67. The fraction of sp³-hybridized carbons (Fsp3) is 0.333. The van der Waals surface area contributed by atoms with Gasteiger partial charge < -0.3 is 4.74 Å². The molecule has 0 aliphatic heterocycles. The largest absolute Gasteiger partial charge is 0.442 e. The molecule has 0 fully saturated rings. The second-order valence-corrected chi connectivity index (χ2v) is 6.12. The summed E-state index contributed by atoms with van der Waals surface area (Å²) < 4.78 is 7.21. The van der Waals surface area contributed by atoms with E-state index < -0.39 is 11.7 Å². The minimum absolute atomic E-state index is 0.508. The molecule has 0 radical (unpaired) electrons. The van der Waals surface area contributed by atoms with Crippen LogP contribution < -0.4 is 0 Å². The Balaban J connectivity index is 2.46. The summed E-state index contributed by atoms with van der Waals surface area (Å²) in [4.78, 5) is 12.0. The first-order chi connectivity index (χ1) is 8.28. The molecule has 1 aromatic heterocycles. The van der Waals surface area contributed by atoms with E-state index in [0.29, 0.717) is 15.0 Å². The Kier molecular flexibility index (Phi) is 3.38. The van der Waals surface area contributed by atoms with Crippen LogP contribution in [0, 0.1) is 0 Å². The fourth-order valence-electron chi connectivity index (χ4n) is 1.47. The number of carbonyl (C=O) groups is 1. The van der Waals surface area contributed by atoms with E-state index in [1.54, 1.807) is 18.3 Å². The van der Waals surface area contributed by atoms with Crippen molar-refractivity contribution in [1.29, 1.82) is 0 Å². The Morgan fingerprint density at radius 3 is 2.72 bits per heavy atom. The molecule has 2 aromatic rings. The van der Waals surface area contributed by atoms with Crippen LogP contribution in [0.5, 0.6) is 0 Å². The first kappa shape index (κ1) is 13.4. The van der Waals surface area contributed by atoms with E-state index in [4.69, 9.17) is 16.3 Å². The van der Waals surface area contributed by atoms with Crippen LogP contribution in [0.25, 0.3) is 10.9 Å². The average molecular weight is 332 g/mol. The highest BCUT2D eigenvalue weighted by atomic mass is 79.9. The summed E-state index contributed by atoms with van der Waals surface area (Å²) in [5.41, 5.74) is 0.0967. The van der Waals surface area contributed by atoms with Crippen LogP contribution >= 0.6 is 27.5 Å². The number of ether oxygens (including phenoxy) is 1. The third-order valence-electron chi connectivity index (χ3n) is 2.18. The van der Waals surface area contributed by atoms with Gasteiger partial charge in [0.05, 0.1) is 16.7 Å². The van der Waals surface area contributed by atoms with Crippen molar-refractivity contribution in [2.75, 3.05) is 0 Å². The van der Waals surface area contributed by atoms with E-state index >= 15 is 0 Å². The van der Waals surface area contributed by atoms with Crippen molar-refractivity contribution in [3.05, 3.63) is 27.8 Å². The maximum Gasteiger partial charge on any atom is 0.435 e. The molecular weight excluding hydrogens is 320 g/mol. The van der Waals surface area contributed by atoms with Gasteiger partial charge in [0.1, 0.15) is 5.60 Å². The molecule has 0 aliphatic carbocycles. The molecule has 0 aliphatic rings. The highest BCUT2D eigenvalue weighted by Gasteiger charge is 2.20. The number of benzene rings is 1. The quantitative estimate of drug-likeness (QED) is 0.725. The van der Waals surface area contributed by atoms with E-state index in [1.165, 1.54) is 4.68 Å². The molecule has 0 saturated carbocycles. The van der Waals surface area contributed by atoms with Gasteiger partial charge >= 0.3 is 6.09 Å². The van der Waals surface area contributed by atoms with Crippen LogP contribution in [0.4, 0.5) is 4.79 Å². The molecule has 1 aromatic carbocycles. The van der Waals surface area contributed by atoms with E-state index in [0.717, 1.165) is 5.39 Å². The molecule has 4 nitrogen and oxygen atoms in total. The Bertz CT molecular complexity index is 616. The lowest BCUT2D eigenvalue weighted by atomic mass is 10.2. The summed E-state index contributed by atoms with van der Waals surface area (Å²) in [6.07, 6.45) is 1.07. The molecule has 0 N–H and O–H groups in total. The van der Waals surface area contributed by atoms with Gasteiger partial charge in [-0.2, -0.15) is 9.78 Å². The molecule has 0 saturated heterocycles. The lowest BCUT2D eigenvalue weighted by Crippen LogP contribution is -2.27. The molecule has 96 valence electrons. The molecule has 0 spiro atoms. The molecule has 0 unspecified atom stereocenters. The molecular formula is C12H12BrClN2O2. The van der Waals surface area contributed by atoms with Crippen molar-refractivity contribution in [3.63, 3.8) is 0 Å². The van der Waals surface area contributed by atoms with Gasteiger partial charge in [0.25, 0.3) is 0 Å². The van der Waals surface area contributed by atoms with Crippen molar-refractivity contribution in [2.24, 2.45) is 0 Å². The smallest absolute Gasteiger partial charge is 0.435 e. The minimum atomic E-state index is -0.557. The van der Waals surface area contributed by atoms with Crippen LogP contribution in [-0.4, -0.2) is 21.5 Å². The zero-order chi connectivity index (χ0) is 13.5. The average Bonchev–Trinajstić information content (AvgIpc) is 2.59. The maximum absolute atomic E-state index is 12.0. The van der Waals surface area contributed by atoms with Crippen LogP contribution in [0.1, 0.15) is 20.8 Å². The van der Waals surface area contributed by atoms with Crippen LogP contribution in [0.3, 0.4) is 0 Å². The lowest BCUT2D eigenvalue weighted by molar-refractivity contribution is 0.0523. The Morgan fingerprint density at radius 2 is 2.11 bits per heavy atom. The van der Waals surface area contributed by atoms with Crippen molar-refractivity contribution in [1.82, 2.24) is 9.78 Å². The Morgan fingerprint density at radius 1 is 1.44 bits per heavy atom. The molecule has 2 rings (SSSR count). The van der Waals surface area contributed by atoms with Gasteiger partial charge in [-0.05, 0) is 48.8 Å². The van der Waals surface area contributed by atoms with Crippen LogP contribution in [0.2, 0.25) is 5.02 Å². The topological polar surface area (TPSA) is 44.1 Å². The predicted molar refractivity (Wildman–Crippen MR) is 74.1 cm³/mol. The number of carbonyl (C=O) groups excluding carboxylic acids is 1. The SMILES string of the molecule is CC(C)(C)OC(=O)n1ncc2cc(Cl)c(Br)cc21. The standard InChI is InChI=1S/C12H12BrClN2O2/c1-12(2,3)18-11(17)16-10-5-8(13)9(14)4-7(10)6-15-16/h4-6H,1-3H3. The molecule has 0 atom stereocenters. The highest BCUT2D eigenvalue weighted by molar-refractivity contribution is 9.10. The summed E-state index contributed by atoms with van der Waals surface area (Å²) >= 11 is 9.30. The first-order valence-electron chi connectivity index (χ1n) is 5.34. The maximum atomic E-state index is 12.0. The fourth-order valence-corrected chi connectivity index (χ4v) is 1.97. The van der Waals surface area contributed by atoms with Gasteiger partial charge in [-0.25, -0.2) is 4.79 Å². The first-order valence-corrected chi connectivity index (χ1v) is 6.51. The van der Waals surface area contributed by atoms with Crippen LogP contribution in [-0.2, 0) is 4.74 Å². The summed E-state index contributed by atoms with van der Waals surface area (Å²) in [6, 6.07) is 3.49. The monoisotopic (exact) mass is 330 g/mol. The molecule has 0 bridgehead atoms. The summed E-state index contributed by atoms with van der Waals surface area (Å²) in [5.74, 6) is 0. The number of fused-ring (bicyclic) bond motifs is 1. The van der Waals surface area contributed by atoms with Crippen molar-refractivity contribution >= 4 is 44.5 Å². The molecule has 18 heavy (non-hydrogen) atoms. The molecule has 0 amide bonds. The highest BCUT2D eigenvalue weighted by Crippen LogP contribution is 2.28. The number of halogens is 2. The Labute approximate surface area is 118 Å². The second-order valence-electron chi connectivity index (χ2n) is 4.86. The van der Waals surface area contributed by atoms with E-state index in [1.807, 2.05) is 20.8 Å². The van der Waals surface area contributed by atoms with E-state index in [2.05, 4.69) is 21.0 Å². The zero-order valence-corrected chi connectivity index (χ0v) is 12.5. The second kappa shape index (κ2) is 4.55. The van der Waals surface area contributed by atoms with Gasteiger partial charge in [-0.15, -0.1) is 0 Å². The number of hydrogen-bond acceptors (Lipinski definition) is 3. The van der Waals surface area contributed by atoms with E-state index in [9.17, 15) is 4.79 Å².